The molecule has 1 saturated heterocycles. The molecule has 8 heteroatoms. The van der Waals surface area contributed by atoms with Gasteiger partial charge >= 0.3 is 0 Å². The SMILES string of the molecule is COc1cccc(NC(=O)[C@@H]2CCCN2S(=O)(=O)c2ccc(F)cc2)c1. The first-order chi connectivity index (χ1) is 12.4. The van der Waals surface area contributed by atoms with Crippen LogP contribution in [0.4, 0.5) is 10.1 Å². The van der Waals surface area contributed by atoms with Gasteiger partial charge < -0.3 is 10.1 Å². The van der Waals surface area contributed by atoms with E-state index >= 15 is 0 Å². The molecule has 1 aliphatic rings. The van der Waals surface area contributed by atoms with Crippen molar-refractivity contribution in [1.29, 1.82) is 0 Å². The Morgan fingerprint density at radius 3 is 2.65 bits per heavy atom. The molecule has 2 aromatic carbocycles. The molecule has 1 aliphatic heterocycles. The third-order valence-corrected chi connectivity index (χ3v) is 6.19. The Balaban J connectivity index is 1.80. The Hall–Kier alpha value is -2.45. The molecular formula is C18H19FN2O4S. The molecule has 1 amide bonds. The number of nitrogens with one attached hydrogen (secondary N) is 1. The summed E-state index contributed by atoms with van der Waals surface area (Å²) in [6.45, 7) is 0.246. The summed E-state index contributed by atoms with van der Waals surface area (Å²) in [5.74, 6) is -0.329. The highest BCUT2D eigenvalue weighted by Gasteiger charge is 2.39. The number of carbonyl (C=O) groups excluding carboxylic acids is 1. The van der Waals surface area contributed by atoms with E-state index in [-0.39, 0.29) is 11.4 Å². The summed E-state index contributed by atoms with van der Waals surface area (Å²) in [6.07, 6.45) is 1.01. The number of benzene rings is 2. The molecule has 3 rings (SSSR count). The topological polar surface area (TPSA) is 75.7 Å². The fourth-order valence-electron chi connectivity index (χ4n) is 2.96. The number of ether oxygens (including phenoxy) is 1. The molecule has 1 fully saturated rings. The minimum Gasteiger partial charge on any atom is -0.497 e. The van der Waals surface area contributed by atoms with Crippen LogP contribution >= 0.6 is 0 Å². The second-order valence-electron chi connectivity index (χ2n) is 5.95. The van der Waals surface area contributed by atoms with Gasteiger partial charge in [0, 0.05) is 18.3 Å². The van der Waals surface area contributed by atoms with Gasteiger partial charge in [-0.3, -0.25) is 4.79 Å². The summed E-state index contributed by atoms with van der Waals surface area (Å²) in [5, 5.41) is 2.74. The quantitative estimate of drug-likeness (QED) is 0.868. The largest absolute Gasteiger partial charge is 0.497 e. The molecule has 1 heterocycles. The Morgan fingerprint density at radius 1 is 1.23 bits per heavy atom. The van der Waals surface area contributed by atoms with Crippen LogP contribution in [0.15, 0.2) is 53.4 Å². The fraction of sp³-hybridized carbons (Fsp3) is 0.278. The van der Waals surface area contributed by atoms with Crippen LogP contribution in [0.3, 0.4) is 0 Å². The lowest BCUT2D eigenvalue weighted by Crippen LogP contribution is -2.43. The molecule has 1 N–H and O–H groups in total. The maximum atomic E-state index is 13.1. The summed E-state index contributed by atoms with van der Waals surface area (Å²) in [5.41, 5.74) is 0.528. The second-order valence-corrected chi connectivity index (χ2v) is 7.84. The molecule has 0 radical (unpaired) electrons. The van der Waals surface area contributed by atoms with E-state index in [0.29, 0.717) is 24.3 Å². The number of nitrogens with zero attached hydrogens (tertiary/aromatic N) is 1. The Morgan fingerprint density at radius 2 is 1.96 bits per heavy atom. The van der Waals surface area contributed by atoms with Crippen LogP contribution in [0, 0.1) is 5.82 Å². The minimum atomic E-state index is -3.87. The van der Waals surface area contributed by atoms with Crippen LogP contribution in [0.25, 0.3) is 0 Å². The predicted molar refractivity (Wildman–Crippen MR) is 94.9 cm³/mol. The van der Waals surface area contributed by atoms with Crippen LogP contribution in [0.2, 0.25) is 0 Å². The van der Waals surface area contributed by atoms with Crippen LogP contribution in [-0.2, 0) is 14.8 Å². The van der Waals surface area contributed by atoms with E-state index in [2.05, 4.69) is 5.32 Å². The molecule has 0 unspecified atom stereocenters. The smallest absolute Gasteiger partial charge is 0.243 e. The molecule has 6 nitrogen and oxygen atoms in total. The Bertz CT molecular complexity index is 900. The summed E-state index contributed by atoms with van der Waals surface area (Å²) in [4.78, 5) is 12.6. The number of hydrogen-bond donors (Lipinski definition) is 1. The molecule has 0 saturated carbocycles. The van der Waals surface area contributed by atoms with Crippen LogP contribution in [-0.4, -0.2) is 38.3 Å². The molecular weight excluding hydrogens is 359 g/mol. The highest BCUT2D eigenvalue weighted by atomic mass is 32.2. The van der Waals surface area contributed by atoms with Crippen molar-refractivity contribution in [2.75, 3.05) is 19.0 Å². The number of methoxy groups -OCH3 is 1. The molecule has 0 aromatic heterocycles. The van der Waals surface area contributed by atoms with Crippen molar-refractivity contribution in [3.63, 3.8) is 0 Å². The van der Waals surface area contributed by atoms with Gasteiger partial charge in [0.25, 0.3) is 0 Å². The van der Waals surface area contributed by atoms with Gasteiger partial charge in [0.15, 0.2) is 0 Å². The van der Waals surface area contributed by atoms with Gasteiger partial charge in [0.1, 0.15) is 17.6 Å². The lowest BCUT2D eigenvalue weighted by molar-refractivity contribution is -0.119. The van der Waals surface area contributed by atoms with Gasteiger partial charge in [-0.1, -0.05) is 6.07 Å². The number of hydrogen-bond acceptors (Lipinski definition) is 4. The monoisotopic (exact) mass is 378 g/mol. The van der Waals surface area contributed by atoms with Gasteiger partial charge in [-0.05, 0) is 49.2 Å². The second kappa shape index (κ2) is 7.43. The van der Waals surface area contributed by atoms with E-state index in [1.807, 2.05) is 0 Å². The van der Waals surface area contributed by atoms with Gasteiger partial charge in [-0.2, -0.15) is 4.31 Å². The highest BCUT2D eigenvalue weighted by Crippen LogP contribution is 2.27. The fourth-order valence-corrected chi connectivity index (χ4v) is 4.61. The Labute approximate surface area is 151 Å². The van der Waals surface area contributed by atoms with Crippen molar-refractivity contribution in [2.24, 2.45) is 0 Å². The van der Waals surface area contributed by atoms with Crippen LogP contribution in [0.5, 0.6) is 5.75 Å². The van der Waals surface area contributed by atoms with Crippen molar-refractivity contribution >= 4 is 21.6 Å². The van der Waals surface area contributed by atoms with Crippen molar-refractivity contribution in [2.45, 2.75) is 23.8 Å². The van der Waals surface area contributed by atoms with E-state index in [1.54, 1.807) is 24.3 Å². The molecule has 138 valence electrons. The summed E-state index contributed by atoms with van der Waals surface area (Å²) in [7, 11) is -2.35. The van der Waals surface area contributed by atoms with Gasteiger partial charge in [0.05, 0.1) is 12.0 Å². The third-order valence-electron chi connectivity index (χ3n) is 4.26. The zero-order valence-corrected chi connectivity index (χ0v) is 15.0. The first-order valence-corrected chi connectivity index (χ1v) is 9.58. The lowest BCUT2D eigenvalue weighted by Gasteiger charge is -2.23. The van der Waals surface area contributed by atoms with Gasteiger partial charge in [-0.15, -0.1) is 0 Å². The Kier molecular flexibility index (Phi) is 5.24. The maximum absolute atomic E-state index is 13.1. The van der Waals surface area contributed by atoms with E-state index in [1.165, 1.54) is 23.5 Å². The molecule has 1 atom stereocenters. The third kappa shape index (κ3) is 3.71. The number of carbonyl (C=O) groups is 1. The molecule has 26 heavy (non-hydrogen) atoms. The average molecular weight is 378 g/mol. The van der Waals surface area contributed by atoms with Gasteiger partial charge in [0.2, 0.25) is 15.9 Å². The first-order valence-electron chi connectivity index (χ1n) is 8.14. The first kappa shape index (κ1) is 18.3. The lowest BCUT2D eigenvalue weighted by atomic mass is 10.2. The average Bonchev–Trinajstić information content (AvgIpc) is 3.13. The van der Waals surface area contributed by atoms with Crippen LogP contribution in [0.1, 0.15) is 12.8 Å². The number of amides is 1. The minimum absolute atomic E-state index is 0.0278. The van der Waals surface area contributed by atoms with E-state index in [0.717, 1.165) is 12.1 Å². The summed E-state index contributed by atoms with van der Waals surface area (Å²) in [6, 6.07) is 10.6. The number of halogens is 1. The zero-order chi connectivity index (χ0) is 18.7. The highest BCUT2D eigenvalue weighted by molar-refractivity contribution is 7.89. The molecule has 0 aliphatic carbocycles. The molecule has 0 spiro atoms. The molecule has 2 aromatic rings. The van der Waals surface area contributed by atoms with Crippen molar-refractivity contribution < 1.29 is 22.3 Å². The summed E-state index contributed by atoms with van der Waals surface area (Å²) >= 11 is 0. The maximum Gasteiger partial charge on any atom is 0.243 e. The summed E-state index contributed by atoms with van der Waals surface area (Å²) < 4.78 is 45.0. The van der Waals surface area contributed by atoms with E-state index in [9.17, 15) is 17.6 Å². The van der Waals surface area contributed by atoms with E-state index in [4.69, 9.17) is 4.74 Å². The standard InChI is InChI=1S/C18H19FN2O4S/c1-25-15-5-2-4-14(12-15)20-18(22)17-6-3-11-21(17)26(23,24)16-9-7-13(19)8-10-16/h2,4-5,7-10,12,17H,3,6,11H2,1H3,(H,20,22)/t17-/m0/s1. The number of anilines is 1. The number of rotatable bonds is 5. The van der Waals surface area contributed by atoms with Crippen molar-refractivity contribution in [1.82, 2.24) is 4.31 Å². The predicted octanol–water partition coefficient (Wildman–Crippen LogP) is 2.63. The normalized spacial score (nSPS) is 17.8. The van der Waals surface area contributed by atoms with Gasteiger partial charge in [-0.25, -0.2) is 12.8 Å². The van der Waals surface area contributed by atoms with Crippen molar-refractivity contribution in [3.8, 4) is 5.75 Å². The van der Waals surface area contributed by atoms with Crippen molar-refractivity contribution in [3.05, 3.63) is 54.3 Å². The van der Waals surface area contributed by atoms with E-state index < -0.39 is 27.8 Å². The number of sulfonamides is 1. The zero-order valence-electron chi connectivity index (χ0n) is 14.2. The van der Waals surface area contributed by atoms with Crippen LogP contribution < -0.4 is 10.1 Å². The molecule has 0 bridgehead atoms.